The second-order valence-electron chi connectivity index (χ2n) is 6.39. The van der Waals surface area contributed by atoms with Gasteiger partial charge in [-0.15, -0.1) is 0 Å². The van der Waals surface area contributed by atoms with Gasteiger partial charge in [0.1, 0.15) is 5.82 Å². The summed E-state index contributed by atoms with van der Waals surface area (Å²) in [7, 11) is 0. The van der Waals surface area contributed by atoms with Crippen LogP contribution in [0, 0.1) is 11.7 Å². The molecule has 1 atom stereocenters. The number of amides is 2. The average Bonchev–Trinajstić information content (AvgIpc) is 2.65. The van der Waals surface area contributed by atoms with Gasteiger partial charge in [0.2, 0.25) is 0 Å². The summed E-state index contributed by atoms with van der Waals surface area (Å²) in [5, 5.41) is 2.82. The first-order valence-corrected chi connectivity index (χ1v) is 8.64. The number of anilines is 1. The average molecular weight is 342 g/mol. The van der Waals surface area contributed by atoms with Gasteiger partial charge in [0.25, 0.3) is 0 Å². The quantitative estimate of drug-likeness (QED) is 0.881. The van der Waals surface area contributed by atoms with E-state index in [0.717, 1.165) is 24.9 Å². The Balaban J connectivity index is 1.45. The van der Waals surface area contributed by atoms with Crippen molar-refractivity contribution in [3.8, 4) is 0 Å². The molecule has 2 aromatic carbocycles. The van der Waals surface area contributed by atoms with Crippen molar-refractivity contribution in [3.63, 3.8) is 0 Å². The molecule has 5 heteroatoms. The van der Waals surface area contributed by atoms with Crippen LogP contribution in [0.4, 0.5) is 14.9 Å². The van der Waals surface area contributed by atoms with Gasteiger partial charge in [-0.1, -0.05) is 30.3 Å². The third kappa shape index (κ3) is 5.29. The van der Waals surface area contributed by atoms with Gasteiger partial charge in [-0.2, -0.15) is 0 Å². The molecule has 4 nitrogen and oxygen atoms in total. The molecule has 3 rings (SSSR count). The molecule has 0 bridgehead atoms. The highest BCUT2D eigenvalue weighted by atomic mass is 19.1. The summed E-state index contributed by atoms with van der Waals surface area (Å²) >= 11 is 0. The monoisotopic (exact) mass is 342 g/mol. The van der Waals surface area contributed by atoms with Crippen LogP contribution in [0.1, 0.15) is 18.4 Å². The summed E-state index contributed by atoms with van der Waals surface area (Å²) in [5.41, 5.74) is 1.76. The standard InChI is InChI=1S/C20H23FN2O2/c21-18-8-10-19(11-9-18)22-20(24)23-12-4-7-17(13-23)15-25-14-16-5-2-1-3-6-16/h1-3,5-6,8-11,17H,4,7,12-15H2,(H,22,24). The number of carbonyl (C=O) groups is 1. The van der Waals surface area contributed by atoms with Crippen molar-refractivity contribution in [1.82, 2.24) is 4.90 Å². The van der Waals surface area contributed by atoms with Crippen LogP contribution in [0.2, 0.25) is 0 Å². The number of nitrogens with one attached hydrogen (secondary N) is 1. The van der Waals surface area contributed by atoms with E-state index >= 15 is 0 Å². The highest BCUT2D eigenvalue weighted by molar-refractivity contribution is 5.89. The maximum absolute atomic E-state index is 12.9. The summed E-state index contributed by atoms with van der Waals surface area (Å²) in [6.07, 6.45) is 2.03. The molecular formula is C20H23FN2O2. The SMILES string of the molecule is O=C(Nc1ccc(F)cc1)N1CCCC(COCc2ccccc2)C1. The van der Waals surface area contributed by atoms with Gasteiger partial charge in [-0.05, 0) is 42.7 Å². The summed E-state index contributed by atoms with van der Waals surface area (Å²) < 4.78 is 18.8. The van der Waals surface area contributed by atoms with Gasteiger partial charge >= 0.3 is 6.03 Å². The van der Waals surface area contributed by atoms with E-state index in [-0.39, 0.29) is 11.8 Å². The fourth-order valence-electron chi connectivity index (χ4n) is 3.04. The molecule has 0 aliphatic carbocycles. The van der Waals surface area contributed by atoms with E-state index in [9.17, 15) is 9.18 Å². The maximum Gasteiger partial charge on any atom is 0.321 e. The molecule has 0 saturated carbocycles. The molecule has 1 unspecified atom stereocenters. The minimum absolute atomic E-state index is 0.139. The van der Waals surface area contributed by atoms with Gasteiger partial charge in [0.15, 0.2) is 0 Å². The van der Waals surface area contributed by atoms with Crippen LogP contribution in [-0.2, 0) is 11.3 Å². The Morgan fingerprint density at radius 3 is 2.68 bits per heavy atom. The van der Waals surface area contributed by atoms with Crippen molar-refractivity contribution in [2.75, 3.05) is 25.0 Å². The van der Waals surface area contributed by atoms with Gasteiger partial charge in [-0.3, -0.25) is 0 Å². The zero-order chi connectivity index (χ0) is 17.5. The molecule has 0 aromatic heterocycles. The lowest BCUT2D eigenvalue weighted by Crippen LogP contribution is -2.43. The Kier molecular flexibility index (Phi) is 6.01. The van der Waals surface area contributed by atoms with Crippen LogP contribution in [0.15, 0.2) is 54.6 Å². The van der Waals surface area contributed by atoms with Crippen LogP contribution in [0.25, 0.3) is 0 Å². The van der Waals surface area contributed by atoms with Crippen LogP contribution < -0.4 is 5.32 Å². The van der Waals surface area contributed by atoms with Crippen molar-refractivity contribution in [3.05, 3.63) is 66.0 Å². The first-order chi connectivity index (χ1) is 12.2. The molecule has 0 radical (unpaired) electrons. The predicted molar refractivity (Wildman–Crippen MR) is 95.8 cm³/mol. The first kappa shape index (κ1) is 17.4. The van der Waals surface area contributed by atoms with E-state index in [0.29, 0.717) is 31.4 Å². The van der Waals surface area contributed by atoms with Crippen LogP contribution >= 0.6 is 0 Å². The van der Waals surface area contributed by atoms with E-state index in [4.69, 9.17) is 4.74 Å². The molecule has 2 aromatic rings. The number of nitrogens with zero attached hydrogens (tertiary/aromatic N) is 1. The maximum atomic E-state index is 12.9. The molecule has 0 spiro atoms. The van der Waals surface area contributed by atoms with Crippen LogP contribution in [0.3, 0.4) is 0 Å². The zero-order valence-electron chi connectivity index (χ0n) is 14.2. The Morgan fingerprint density at radius 2 is 1.92 bits per heavy atom. The lowest BCUT2D eigenvalue weighted by atomic mass is 9.99. The molecule has 132 valence electrons. The van der Waals surface area contributed by atoms with Gasteiger partial charge < -0.3 is 15.0 Å². The Bertz CT molecular complexity index is 676. The number of halogens is 1. The van der Waals surface area contributed by atoms with Crippen molar-refractivity contribution in [1.29, 1.82) is 0 Å². The minimum atomic E-state index is -0.313. The normalized spacial score (nSPS) is 17.3. The Morgan fingerprint density at radius 1 is 1.16 bits per heavy atom. The van der Waals surface area contributed by atoms with Crippen molar-refractivity contribution < 1.29 is 13.9 Å². The highest BCUT2D eigenvalue weighted by Gasteiger charge is 2.23. The zero-order valence-corrected chi connectivity index (χ0v) is 14.2. The lowest BCUT2D eigenvalue weighted by molar-refractivity contribution is 0.0606. The second kappa shape index (κ2) is 8.62. The smallest absolute Gasteiger partial charge is 0.321 e. The van der Waals surface area contributed by atoms with Gasteiger partial charge in [0, 0.05) is 24.7 Å². The van der Waals surface area contributed by atoms with Crippen LogP contribution in [-0.4, -0.2) is 30.6 Å². The number of rotatable bonds is 5. The fraction of sp³-hybridized carbons (Fsp3) is 0.350. The second-order valence-corrected chi connectivity index (χ2v) is 6.39. The van der Waals surface area contributed by atoms with Crippen LogP contribution in [0.5, 0.6) is 0 Å². The number of carbonyl (C=O) groups excluding carboxylic acids is 1. The molecule has 1 N–H and O–H groups in total. The predicted octanol–water partition coefficient (Wildman–Crippen LogP) is 4.29. The number of urea groups is 1. The lowest BCUT2D eigenvalue weighted by Gasteiger charge is -2.32. The molecule has 1 aliphatic heterocycles. The first-order valence-electron chi connectivity index (χ1n) is 8.64. The number of hydrogen-bond donors (Lipinski definition) is 1. The largest absolute Gasteiger partial charge is 0.376 e. The summed E-state index contributed by atoms with van der Waals surface area (Å²) in [5.74, 6) is 0.0306. The van der Waals surface area contributed by atoms with Gasteiger partial charge in [0.05, 0.1) is 13.2 Å². The van der Waals surface area contributed by atoms with E-state index in [2.05, 4.69) is 5.32 Å². The number of piperidine rings is 1. The molecule has 2 amide bonds. The van der Waals surface area contributed by atoms with E-state index in [1.165, 1.54) is 12.1 Å². The fourth-order valence-corrected chi connectivity index (χ4v) is 3.04. The highest BCUT2D eigenvalue weighted by Crippen LogP contribution is 2.19. The molecule has 1 saturated heterocycles. The molecule has 1 fully saturated rings. The van der Waals surface area contributed by atoms with E-state index in [1.807, 2.05) is 35.2 Å². The number of ether oxygens (including phenoxy) is 1. The minimum Gasteiger partial charge on any atom is -0.376 e. The summed E-state index contributed by atoms with van der Waals surface area (Å²) in [4.78, 5) is 14.2. The third-order valence-electron chi connectivity index (χ3n) is 4.37. The molecule has 1 aliphatic rings. The molecular weight excluding hydrogens is 319 g/mol. The summed E-state index contributed by atoms with van der Waals surface area (Å²) in [6, 6.07) is 15.8. The van der Waals surface area contributed by atoms with Crippen molar-refractivity contribution in [2.24, 2.45) is 5.92 Å². The van der Waals surface area contributed by atoms with Gasteiger partial charge in [-0.25, -0.2) is 9.18 Å². The van der Waals surface area contributed by atoms with E-state index in [1.54, 1.807) is 12.1 Å². The number of hydrogen-bond acceptors (Lipinski definition) is 2. The third-order valence-corrected chi connectivity index (χ3v) is 4.37. The molecule has 1 heterocycles. The number of benzene rings is 2. The Labute approximate surface area is 147 Å². The van der Waals surface area contributed by atoms with E-state index < -0.39 is 0 Å². The summed E-state index contributed by atoms with van der Waals surface area (Å²) in [6.45, 7) is 2.67. The molecule has 25 heavy (non-hydrogen) atoms. The topological polar surface area (TPSA) is 41.6 Å². The van der Waals surface area contributed by atoms with Crippen molar-refractivity contribution in [2.45, 2.75) is 19.4 Å². The number of likely N-dealkylation sites (tertiary alicyclic amines) is 1. The Hall–Kier alpha value is -2.40. The van der Waals surface area contributed by atoms with Crippen molar-refractivity contribution >= 4 is 11.7 Å².